The molecule has 0 aromatic heterocycles. The second kappa shape index (κ2) is 4.60. The van der Waals surface area contributed by atoms with Crippen LogP contribution in [0.1, 0.15) is 10.4 Å². The molecule has 1 aromatic carbocycles. The molecule has 0 saturated carbocycles. The van der Waals surface area contributed by atoms with E-state index in [0.717, 1.165) is 6.07 Å². The molecule has 0 bridgehead atoms. The van der Waals surface area contributed by atoms with Gasteiger partial charge in [-0.2, -0.15) is 0 Å². The molecule has 1 fully saturated rings. The number of halogens is 2. The fourth-order valence-electron chi connectivity index (χ4n) is 1.77. The molecule has 1 aromatic rings. The maximum atomic E-state index is 13.2. The topological polar surface area (TPSA) is 60.8 Å². The van der Waals surface area contributed by atoms with Gasteiger partial charge >= 0.3 is 0 Å². The molecule has 1 amide bonds. The van der Waals surface area contributed by atoms with Crippen molar-refractivity contribution >= 4 is 17.5 Å². The van der Waals surface area contributed by atoms with Crippen LogP contribution in [0, 0.1) is 5.82 Å². The minimum Gasteiger partial charge on any atom is -0.388 e. The number of benzene rings is 1. The molecular weight excluding hydrogens is 249 g/mol. The van der Waals surface area contributed by atoms with E-state index in [9.17, 15) is 19.4 Å². The minimum atomic E-state index is -0.966. The van der Waals surface area contributed by atoms with E-state index in [4.69, 9.17) is 11.6 Å². The molecule has 2 rings (SSSR count). The standard InChI is InChI=1S/C11H11ClFNO3/c12-10-6(2-1-3-7(10)13)11(17)14-4-8(15)9(16)5-14/h1-3,8-9,15-16H,4-5H2/t8-,9+. The van der Waals surface area contributed by atoms with E-state index in [0.29, 0.717) is 0 Å². The van der Waals surface area contributed by atoms with Gasteiger partial charge in [0.05, 0.1) is 22.8 Å². The maximum absolute atomic E-state index is 13.2. The molecule has 0 radical (unpaired) electrons. The fourth-order valence-corrected chi connectivity index (χ4v) is 1.98. The van der Waals surface area contributed by atoms with Crippen LogP contribution in [-0.2, 0) is 0 Å². The number of aliphatic hydroxyl groups is 2. The first-order valence-electron chi connectivity index (χ1n) is 5.10. The van der Waals surface area contributed by atoms with Crippen LogP contribution < -0.4 is 0 Å². The highest BCUT2D eigenvalue weighted by Crippen LogP contribution is 2.23. The van der Waals surface area contributed by atoms with Crippen molar-refractivity contribution in [1.82, 2.24) is 4.90 Å². The zero-order valence-electron chi connectivity index (χ0n) is 8.81. The molecule has 0 spiro atoms. The van der Waals surface area contributed by atoms with Crippen molar-refractivity contribution in [2.75, 3.05) is 13.1 Å². The Labute approximate surface area is 102 Å². The van der Waals surface area contributed by atoms with E-state index >= 15 is 0 Å². The van der Waals surface area contributed by atoms with Gasteiger partial charge in [-0.05, 0) is 12.1 Å². The molecule has 4 nitrogen and oxygen atoms in total. The summed E-state index contributed by atoms with van der Waals surface area (Å²) in [6, 6.07) is 3.95. The highest BCUT2D eigenvalue weighted by molar-refractivity contribution is 6.34. The summed E-state index contributed by atoms with van der Waals surface area (Å²) < 4.78 is 13.2. The third kappa shape index (κ3) is 2.26. The summed E-state index contributed by atoms with van der Waals surface area (Å²) in [4.78, 5) is 13.2. The van der Waals surface area contributed by atoms with Crippen LogP contribution in [0.4, 0.5) is 4.39 Å². The Morgan fingerprint density at radius 2 is 1.94 bits per heavy atom. The monoisotopic (exact) mass is 259 g/mol. The summed E-state index contributed by atoms with van der Waals surface area (Å²) in [6.07, 6.45) is -1.93. The number of amides is 1. The Balaban J connectivity index is 2.24. The lowest BCUT2D eigenvalue weighted by molar-refractivity contribution is 0.0572. The van der Waals surface area contributed by atoms with Gasteiger partial charge in [-0.3, -0.25) is 4.79 Å². The molecule has 1 heterocycles. The van der Waals surface area contributed by atoms with Crippen molar-refractivity contribution in [1.29, 1.82) is 0 Å². The molecule has 6 heteroatoms. The van der Waals surface area contributed by atoms with E-state index in [1.54, 1.807) is 0 Å². The Bertz CT molecular complexity index is 444. The number of hydrogen-bond donors (Lipinski definition) is 2. The third-order valence-corrected chi connectivity index (χ3v) is 3.11. The Kier molecular flexibility index (Phi) is 3.33. The summed E-state index contributed by atoms with van der Waals surface area (Å²) in [5, 5.41) is 18.4. The lowest BCUT2D eigenvalue weighted by atomic mass is 10.2. The number of carbonyl (C=O) groups excluding carboxylic acids is 1. The number of aliphatic hydroxyl groups excluding tert-OH is 2. The molecule has 1 saturated heterocycles. The smallest absolute Gasteiger partial charge is 0.255 e. The van der Waals surface area contributed by atoms with Crippen LogP contribution in [0.5, 0.6) is 0 Å². The van der Waals surface area contributed by atoms with Crippen molar-refractivity contribution in [2.24, 2.45) is 0 Å². The number of nitrogens with zero attached hydrogens (tertiary/aromatic N) is 1. The molecule has 1 aliphatic heterocycles. The summed E-state index contributed by atoms with van der Waals surface area (Å²) in [5.74, 6) is -1.16. The molecule has 2 atom stereocenters. The number of carbonyl (C=O) groups is 1. The zero-order chi connectivity index (χ0) is 12.6. The van der Waals surface area contributed by atoms with Crippen molar-refractivity contribution in [3.05, 3.63) is 34.6 Å². The normalized spacial score (nSPS) is 24.1. The maximum Gasteiger partial charge on any atom is 0.255 e. The van der Waals surface area contributed by atoms with Crippen molar-refractivity contribution in [3.8, 4) is 0 Å². The second-order valence-corrected chi connectivity index (χ2v) is 4.32. The van der Waals surface area contributed by atoms with E-state index < -0.39 is 23.9 Å². The van der Waals surface area contributed by atoms with Crippen LogP contribution in [0.2, 0.25) is 5.02 Å². The molecule has 92 valence electrons. The van der Waals surface area contributed by atoms with Crippen LogP contribution in [0.3, 0.4) is 0 Å². The molecule has 2 N–H and O–H groups in total. The van der Waals surface area contributed by atoms with Crippen molar-refractivity contribution in [3.63, 3.8) is 0 Å². The molecule has 17 heavy (non-hydrogen) atoms. The van der Waals surface area contributed by atoms with Gasteiger partial charge in [-0.15, -0.1) is 0 Å². The highest BCUT2D eigenvalue weighted by Gasteiger charge is 2.33. The average molecular weight is 260 g/mol. The number of β-amino-alcohol motifs (C(OH)–C–C–N with tert-alkyl or cyclic N) is 2. The summed E-state index contributed by atoms with van der Waals surface area (Å²) in [6.45, 7) is 0.0414. The third-order valence-electron chi connectivity index (χ3n) is 2.73. The predicted octanol–water partition coefficient (Wildman–Crippen LogP) is 0.657. The van der Waals surface area contributed by atoms with Crippen LogP contribution in [0.25, 0.3) is 0 Å². The summed E-state index contributed by atoms with van der Waals surface area (Å²) in [5.41, 5.74) is 0.0352. The van der Waals surface area contributed by atoms with Gasteiger partial charge in [0, 0.05) is 13.1 Å². The fraction of sp³-hybridized carbons (Fsp3) is 0.364. The van der Waals surface area contributed by atoms with Crippen LogP contribution in [0.15, 0.2) is 18.2 Å². The molecule has 0 unspecified atom stereocenters. The Morgan fingerprint density at radius 1 is 1.35 bits per heavy atom. The van der Waals surface area contributed by atoms with Gasteiger partial charge in [-0.25, -0.2) is 4.39 Å². The van der Waals surface area contributed by atoms with Gasteiger partial charge in [0.15, 0.2) is 0 Å². The Hall–Kier alpha value is -1.17. The predicted molar refractivity (Wildman–Crippen MR) is 59.3 cm³/mol. The van der Waals surface area contributed by atoms with E-state index in [1.807, 2.05) is 0 Å². The number of hydrogen-bond acceptors (Lipinski definition) is 3. The molecule has 1 aliphatic rings. The minimum absolute atomic E-state index is 0.0207. The number of rotatable bonds is 1. The first-order valence-corrected chi connectivity index (χ1v) is 5.48. The van der Waals surface area contributed by atoms with Crippen molar-refractivity contribution in [2.45, 2.75) is 12.2 Å². The number of likely N-dealkylation sites (tertiary alicyclic amines) is 1. The van der Waals surface area contributed by atoms with Gasteiger partial charge < -0.3 is 15.1 Å². The van der Waals surface area contributed by atoms with Gasteiger partial charge in [0.2, 0.25) is 0 Å². The quantitative estimate of drug-likeness (QED) is 0.779. The van der Waals surface area contributed by atoms with Gasteiger partial charge in [-0.1, -0.05) is 17.7 Å². The van der Waals surface area contributed by atoms with Gasteiger partial charge in [0.25, 0.3) is 5.91 Å². The summed E-state index contributed by atoms with van der Waals surface area (Å²) >= 11 is 5.69. The lowest BCUT2D eigenvalue weighted by Crippen LogP contribution is -2.30. The summed E-state index contributed by atoms with van der Waals surface area (Å²) in [7, 11) is 0. The SMILES string of the molecule is O=C(c1cccc(F)c1Cl)N1C[C@@H](O)[C@@H](O)C1. The molecular formula is C11H11ClFNO3. The largest absolute Gasteiger partial charge is 0.388 e. The van der Waals surface area contributed by atoms with Crippen LogP contribution >= 0.6 is 11.6 Å². The Morgan fingerprint density at radius 3 is 2.53 bits per heavy atom. The van der Waals surface area contributed by atoms with Gasteiger partial charge in [0.1, 0.15) is 5.82 Å². The first kappa shape index (κ1) is 12.3. The zero-order valence-corrected chi connectivity index (χ0v) is 9.56. The van der Waals surface area contributed by atoms with E-state index in [-0.39, 0.29) is 23.7 Å². The lowest BCUT2D eigenvalue weighted by Gasteiger charge is -2.16. The highest BCUT2D eigenvalue weighted by atomic mass is 35.5. The van der Waals surface area contributed by atoms with Crippen molar-refractivity contribution < 1.29 is 19.4 Å². The van der Waals surface area contributed by atoms with Crippen LogP contribution in [-0.4, -0.2) is 46.3 Å². The molecule has 0 aliphatic carbocycles. The second-order valence-electron chi connectivity index (χ2n) is 3.95. The van der Waals surface area contributed by atoms with E-state index in [1.165, 1.54) is 17.0 Å². The van der Waals surface area contributed by atoms with E-state index in [2.05, 4.69) is 0 Å². The average Bonchev–Trinajstić information content (AvgIpc) is 2.62. The first-order chi connectivity index (χ1) is 8.00.